The molecule has 8 heteroatoms. The summed E-state index contributed by atoms with van der Waals surface area (Å²) in [5.41, 5.74) is 0.0432. The number of carbonyl (C=O) groups is 1. The van der Waals surface area contributed by atoms with Crippen LogP contribution in [0.5, 0.6) is 5.75 Å². The normalized spacial score (nSPS) is 12.8. The number of rotatable bonds is 6. The van der Waals surface area contributed by atoms with Crippen molar-refractivity contribution in [2.24, 2.45) is 0 Å². The van der Waals surface area contributed by atoms with Crippen LogP contribution in [-0.2, 0) is 19.6 Å². The molecule has 0 aliphatic heterocycles. The highest BCUT2D eigenvalue weighted by molar-refractivity contribution is 7.88. The molecule has 0 aliphatic rings. The van der Waals surface area contributed by atoms with Gasteiger partial charge in [-0.25, -0.2) is 17.5 Å². The van der Waals surface area contributed by atoms with Crippen LogP contribution in [0.3, 0.4) is 0 Å². The minimum Gasteiger partial charge on any atom is -0.497 e. The van der Waals surface area contributed by atoms with E-state index in [0.29, 0.717) is 5.75 Å². The average Bonchev–Trinajstić information content (AvgIpc) is 2.35. The summed E-state index contributed by atoms with van der Waals surface area (Å²) in [7, 11) is -1.06. The van der Waals surface area contributed by atoms with Gasteiger partial charge in [-0.3, -0.25) is 4.79 Å². The molecule has 0 bridgehead atoms. The molecular weight excluding hydrogens is 289 g/mol. The quantitative estimate of drug-likeness (QED) is 0.793. The number of methoxy groups -OCH3 is 2. The van der Waals surface area contributed by atoms with Crippen molar-refractivity contribution in [1.82, 2.24) is 4.72 Å². The van der Waals surface area contributed by atoms with E-state index >= 15 is 0 Å². The maximum atomic E-state index is 13.9. The molecule has 0 saturated carbocycles. The Morgan fingerprint density at radius 1 is 1.40 bits per heavy atom. The standard InChI is InChI=1S/C12H16FNO5S/c1-18-8-4-5-9(10(13)6-8)11(7-12(15)19-2)14-20(3,16)17/h4-6,11,14H,7H2,1-3H3. The molecule has 0 spiro atoms. The highest BCUT2D eigenvalue weighted by Gasteiger charge is 2.23. The first-order chi connectivity index (χ1) is 9.26. The molecule has 0 fully saturated rings. The summed E-state index contributed by atoms with van der Waals surface area (Å²) >= 11 is 0. The number of carbonyl (C=O) groups excluding carboxylic acids is 1. The monoisotopic (exact) mass is 305 g/mol. The lowest BCUT2D eigenvalue weighted by Crippen LogP contribution is -2.30. The van der Waals surface area contributed by atoms with Gasteiger partial charge in [-0.1, -0.05) is 6.07 Å². The zero-order valence-corrected chi connectivity index (χ0v) is 12.2. The number of sulfonamides is 1. The van der Waals surface area contributed by atoms with Crippen molar-refractivity contribution >= 4 is 16.0 Å². The predicted octanol–water partition coefficient (Wildman–Crippen LogP) is 0.988. The second-order valence-electron chi connectivity index (χ2n) is 4.11. The van der Waals surface area contributed by atoms with Crippen molar-refractivity contribution in [3.05, 3.63) is 29.6 Å². The van der Waals surface area contributed by atoms with Crippen molar-refractivity contribution in [1.29, 1.82) is 0 Å². The van der Waals surface area contributed by atoms with E-state index in [9.17, 15) is 17.6 Å². The van der Waals surface area contributed by atoms with E-state index in [-0.39, 0.29) is 12.0 Å². The minimum atomic E-state index is -3.61. The molecule has 0 heterocycles. The number of ether oxygens (including phenoxy) is 2. The van der Waals surface area contributed by atoms with E-state index < -0.39 is 27.9 Å². The number of hydrogen-bond donors (Lipinski definition) is 1. The van der Waals surface area contributed by atoms with Gasteiger partial charge < -0.3 is 9.47 Å². The van der Waals surface area contributed by atoms with Crippen LogP contribution in [0.1, 0.15) is 18.0 Å². The second kappa shape index (κ2) is 6.67. The zero-order chi connectivity index (χ0) is 15.3. The molecule has 1 aromatic rings. The first kappa shape index (κ1) is 16.4. The molecule has 6 nitrogen and oxygen atoms in total. The Morgan fingerprint density at radius 3 is 2.50 bits per heavy atom. The van der Waals surface area contributed by atoms with Gasteiger partial charge in [0.25, 0.3) is 0 Å². The highest BCUT2D eigenvalue weighted by Crippen LogP contribution is 2.25. The van der Waals surface area contributed by atoms with Crippen LogP contribution in [-0.4, -0.2) is 34.9 Å². The van der Waals surface area contributed by atoms with Gasteiger partial charge >= 0.3 is 5.97 Å². The minimum absolute atomic E-state index is 0.0432. The lowest BCUT2D eigenvalue weighted by atomic mass is 10.0. The Bertz CT molecular complexity index is 588. The van der Waals surface area contributed by atoms with Gasteiger partial charge in [-0.05, 0) is 6.07 Å². The van der Waals surface area contributed by atoms with Gasteiger partial charge in [0.15, 0.2) is 0 Å². The topological polar surface area (TPSA) is 81.7 Å². The molecule has 0 saturated heterocycles. The Labute approximate surface area is 116 Å². The number of nitrogens with one attached hydrogen (secondary N) is 1. The molecule has 0 radical (unpaired) electrons. The molecule has 1 N–H and O–H groups in total. The summed E-state index contributed by atoms with van der Waals surface area (Å²) in [6.07, 6.45) is 0.617. The summed E-state index contributed by atoms with van der Waals surface area (Å²) in [4.78, 5) is 11.3. The first-order valence-electron chi connectivity index (χ1n) is 5.64. The van der Waals surface area contributed by atoms with Gasteiger partial charge in [-0.15, -0.1) is 0 Å². The summed E-state index contributed by atoms with van der Waals surface area (Å²) in [5.74, 6) is -1.03. The molecule has 0 aromatic heterocycles. The van der Waals surface area contributed by atoms with E-state index in [1.165, 1.54) is 26.4 Å². The lowest BCUT2D eigenvalue weighted by molar-refractivity contribution is -0.141. The highest BCUT2D eigenvalue weighted by atomic mass is 32.2. The molecule has 112 valence electrons. The lowest BCUT2D eigenvalue weighted by Gasteiger charge is -2.17. The van der Waals surface area contributed by atoms with Crippen molar-refractivity contribution < 1.29 is 27.1 Å². The molecule has 0 amide bonds. The largest absolute Gasteiger partial charge is 0.497 e. The molecule has 1 unspecified atom stereocenters. The third kappa shape index (κ3) is 4.78. The van der Waals surface area contributed by atoms with E-state index in [2.05, 4.69) is 9.46 Å². The molecule has 1 rings (SSSR count). The Hall–Kier alpha value is -1.67. The number of halogens is 1. The van der Waals surface area contributed by atoms with Crippen LogP contribution in [0.2, 0.25) is 0 Å². The molecule has 20 heavy (non-hydrogen) atoms. The second-order valence-corrected chi connectivity index (χ2v) is 5.89. The van der Waals surface area contributed by atoms with Crippen molar-refractivity contribution in [3.63, 3.8) is 0 Å². The number of hydrogen-bond acceptors (Lipinski definition) is 5. The summed E-state index contributed by atoms with van der Waals surface area (Å²) in [6, 6.07) is 2.92. The molecule has 1 atom stereocenters. The molecule has 0 aliphatic carbocycles. The van der Waals surface area contributed by atoms with Gasteiger partial charge in [0.1, 0.15) is 11.6 Å². The first-order valence-corrected chi connectivity index (χ1v) is 7.53. The van der Waals surface area contributed by atoms with Crippen LogP contribution in [0.25, 0.3) is 0 Å². The van der Waals surface area contributed by atoms with Gasteiger partial charge in [0.2, 0.25) is 10.0 Å². The van der Waals surface area contributed by atoms with Crippen LogP contribution in [0.15, 0.2) is 18.2 Å². The fourth-order valence-corrected chi connectivity index (χ4v) is 2.37. The maximum absolute atomic E-state index is 13.9. The summed E-state index contributed by atoms with van der Waals surface area (Å²) < 4.78 is 48.1. The summed E-state index contributed by atoms with van der Waals surface area (Å²) in [6.45, 7) is 0. The third-order valence-electron chi connectivity index (χ3n) is 2.54. The number of benzene rings is 1. The van der Waals surface area contributed by atoms with E-state index in [4.69, 9.17) is 4.74 Å². The third-order valence-corrected chi connectivity index (χ3v) is 3.25. The summed E-state index contributed by atoms with van der Waals surface area (Å²) in [5, 5.41) is 0. The van der Waals surface area contributed by atoms with Crippen LogP contribution in [0, 0.1) is 5.82 Å². The van der Waals surface area contributed by atoms with Crippen molar-refractivity contribution in [2.45, 2.75) is 12.5 Å². The Morgan fingerprint density at radius 2 is 2.05 bits per heavy atom. The fourth-order valence-electron chi connectivity index (χ4n) is 1.64. The zero-order valence-electron chi connectivity index (χ0n) is 11.3. The van der Waals surface area contributed by atoms with Crippen LogP contribution >= 0.6 is 0 Å². The average molecular weight is 305 g/mol. The van der Waals surface area contributed by atoms with E-state index in [1.807, 2.05) is 0 Å². The Kier molecular flexibility index (Phi) is 5.46. The van der Waals surface area contributed by atoms with Crippen LogP contribution < -0.4 is 9.46 Å². The smallest absolute Gasteiger partial charge is 0.307 e. The maximum Gasteiger partial charge on any atom is 0.307 e. The SMILES string of the molecule is COC(=O)CC(NS(C)(=O)=O)c1ccc(OC)cc1F. The van der Waals surface area contributed by atoms with E-state index in [1.54, 1.807) is 0 Å². The van der Waals surface area contributed by atoms with Gasteiger partial charge in [0, 0.05) is 11.6 Å². The number of esters is 1. The molecular formula is C12H16FNO5S. The Balaban J connectivity index is 3.12. The predicted molar refractivity (Wildman–Crippen MR) is 70.3 cm³/mol. The molecule has 1 aromatic carbocycles. The van der Waals surface area contributed by atoms with Crippen molar-refractivity contribution in [3.8, 4) is 5.75 Å². The van der Waals surface area contributed by atoms with Gasteiger partial charge in [-0.2, -0.15) is 0 Å². The van der Waals surface area contributed by atoms with Crippen LogP contribution in [0.4, 0.5) is 4.39 Å². The fraction of sp³-hybridized carbons (Fsp3) is 0.417. The van der Waals surface area contributed by atoms with E-state index in [0.717, 1.165) is 12.3 Å². The van der Waals surface area contributed by atoms with Gasteiger partial charge in [0.05, 0.1) is 32.9 Å². The van der Waals surface area contributed by atoms with Crippen molar-refractivity contribution in [2.75, 3.05) is 20.5 Å².